The van der Waals surface area contributed by atoms with Gasteiger partial charge in [-0.2, -0.15) is 0 Å². The summed E-state index contributed by atoms with van der Waals surface area (Å²) in [6.45, 7) is 6.44. The smallest absolute Gasteiger partial charge is 0.306 e. The van der Waals surface area contributed by atoms with Crippen LogP contribution in [0.3, 0.4) is 0 Å². The van der Waals surface area contributed by atoms with E-state index in [-0.39, 0.29) is 31.1 Å². The summed E-state index contributed by atoms with van der Waals surface area (Å²) in [5.74, 6) is -0.935. The maximum absolute atomic E-state index is 12.8. The third-order valence-corrected chi connectivity index (χ3v) is 10.6. The lowest BCUT2D eigenvalue weighted by molar-refractivity contribution is -0.167. The molecule has 0 aliphatic carbocycles. The Morgan fingerprint density at radius 3 is 1.00 bits per heavy atom. The fourth-order valence-corrected chi connectivity index (χ4v) is 6.84. The molecule has 1 unspecified atom stereocenters. The molecule has 0 N–H and O–H groups in total. The monoisotopic (exact) mass is 849 g/mol. The first-order valence-electron chi connectivity index (χ1n) is 25.2. The van der Waals surface area contributed by atoms with Crippen LogP contribution < -0.4 is 0 Å². The number of ether oxygens (including phenoxy) is 3. The molecule has 6 heteroatoms. The number of hydrogen-bond donors (Lipinski definition) is 0. The Labute approximate surface area is 375 Å². The number of carbonyl (C=O) groups excluding carboxylic acids is 3. The number of allylic oxidation sites excluding steroid dienone is 14. The molecule has 348 valence electrons. The second kappa shape index (κ2) is 49.2. The van der Waals surface area contributed by atoms with E-state index in [9.17, 15) is 14.4 Å². The SMILES string of the molecule is CC\C=C/C=C\C=C/C=C\C=C\C=C/C=C\CCCCCC(=O)OCC(COC(=O)CCCCCCCCCCCCCC)OC(=O)CCCCCCCCCCCCCC. The minimum Gasteiger partial charge on any atom is -0.462 e. The minimum absolute atomic E-state index is 0.0889. The average Bonchev–Trinajstić information content (AvgIpc) is 3.26. The highest BCUT2D eigenvalue weighted by molar-refractivity contribution is 5.71. The summed E-state index contributed by atoms with van der Waals surface area (Å²) in [6.07, 6.45) is 62.7. The molecule has 0 aliphatic rings. The van der Waals surface area contributed by atoms with Gasteiger partial charge in [0.05, 0.1) is 0 Å². The van der Waals surface area contributed by atoms with E-state index in [2.05, 4.69) is 32.9 Å². The first-order chi connectivity index (χ1) is 30.0. The molecule has 0 bridgehead atoms. The Bertz CT molecular complexity index is 1200. The Morgan fingerprint density at radius 2 is 0.639 bits per heavy atom. The molecule has 6 nitrogen and oxygen atoms in total. The van der Waals surface area contributed by atoms with Crippen LogP contribution in [0, 0.1) is 0 Å². The summed E-state index contributed by atoms with van der Waals surface area (Å²) < 4.78 is 16.7. The van der Waals surface area contributed by atoms with Crippen molar-refractivity contribution in [2.45, 2.75) is 232 Å². The van der Waals surface area contributed by atoms with Gasteiger partial charge in [-0.25, -0.2) is 0 Å². The zero-order valence-electron chi connectivity index (χ0n) is 39.7. The van der Waals surface area contributed by atoms with Crippen LogP contribution in [-0.4, -0.2) is 37.2 Å². The van der Waals surface area contributed by atoms with E-state index in [0.717, 1.165) is 70.6 Å². The van der Waals surface area contributed by atoms with E-state index in [4.69, 9.17) is 14.2 Å². The van der Waals surface area contributed by atoms with Crippen LogP contribution in [0.2, 0.25) is 0 Å². The Morgan fingerprint density at radius 1 is 0.344 bits per heavy atom. The molecule has 0 radical (unpaired) electrons. The molecule has 1 atom stereocenters. The standard InChI is InChI=1S/C55H92O6/c1-4-7-10-13-16-19-22-25-26-27-28-29-30-31-34-36-39-42-45-48-54(57)60-51-52(61-55(58)49-46-43-40-37-33-24-21-18-15-12-9-6-3)50-59-53(56)47-44-41-38-35-32-23-20-17-14-11-8-5-2/h7,10,13,16,19,22,25-31,34,52H,4-6,8-9,11-12,14-15,17-18,20-21,23-24,32-33,35-51H2,1-3H3/b10-7-,16-13-,22-19-,26-25-,28-27+,30-29-,34-31-. The predicted octanol–water partition coefficient (Wildman–Crippen LogP) is 16.4. The fraction of sp³-hybridized carbons (Fsp3) is 0.691. The van der Waals surface area contributed by atoms with E-state index in [1.54, 1.807) is 0 Å². The van der Waals surface area contributed by atoms with Gasteiger partial charge >= 0.3 is 17.9 Å². The Hall–Kier alpha value is -3.41. The highest BCUT2D eigenvalue weighted by Crippen LogP contribution is 2.15. The topological polar surface area (TPSA) is 78.9 Å². The average molecular weight is 849 g/mol. The third kappa shape index (κ3) is 47.5. The molecule has 0 saturated carbocycles. The number of unbranched alkanes of at least 4 members (excludes halogenated alkanes) is 25. The number of carbonyl (C=O) groups is 3. The number of rotatable bonds is 44. The summed E-state index contributed by atoms with van der Waals surface area (Å²) in [4.78, 5) is 37.9. The van der Waals surface area contributed by atoms with Crippen LogP contribution in [-0.2, 0) is 28.6 Å². The lowest BCUT2D eigenvalue weighted by Gasteiger charge is -2.18. The third-order valence-electron chi connectivity index (χ3n) is 10.6. The quantitative estimate of drug-likeness (QED) is 0.0263. The highest BCUT2D eigenvalue weighted by Gasteiger charge is 2.19. The highest BCUT2D eigenvalue weighted by atomic mass is 16.6. The van der Waals surface area contributed by atoms with Gasteiger partial charge in [-0.15, -0.1) is 0 Å². The van der Waals surface area contributed by atoms with E-state index in [1.165, 1.54) is 116 Å². The van der Waals surface area contributed by atoms with E-state index < -0.39 is 6.10 Å². The molecule has 0 aromatic carbocycles. The van der Waals surface area contributed by atoms with Crippen molar-refractivity contribution in [3.05, 3.63) is 85.1 Å². The Balaban J connectivity index is 4.47. The normalized spacial score (nSPS) is 12.8. The lowest BCUT2D eigenvalue weighted by atomic mass is 10.0. The van der Waals surface area contributed by atoms with Crippen LogP contribution in [0.4, 0.5) is 0 Å². The van der Waals surface area contributed by atoms with Crippen LogP contribution >= 0.6 is 0 Å². The van der Waals surface area contributed by atoms with Gasteiger partial charge in [0.1, 0.15) is 13.2 Å². The maximum atomic E-state index is 12.8. The van der Waals surface area contributed by atoms with Crippen molar-refractivity contribution in [3.8, 4) is 0 Å². The fourth-order valence-electron chi connectivity index (χ4n) is 6.84. The largest absolute Gasteiger partial charge is 0.462 e. The summed E-state index contributed by atoms with van der Waals surface area (Å²) in [5, 5.41) is 0. The Kier molecular flexibility index (Phi) is 46.5. The first-order valence-corrected chi connectivity index (χ1v) is 25.2. The molecule has 0 aliphatic heterocycles. The van der Waals surface area contributed by atoms with Gasteiger partial charge < -0.3 is 14.2 Å². The van der Waals surface area contributed by atoms with Crippen LogP contribution in [0.25, 0.3) is 0 Å². The molecule has 0 saturated heterocycles. The molecule has 0 heterocycles. The van der Waals surface area contributed by atoms with Gasteiger partial charge in [0.2, 0.25) is 0 Å². The zero-order chi connectivity index (χ0) is 44.4. The molecule has 0 rings (SSSR count). The van der Waals surface area contributed by atoms with Crippen LogP contribution in [0.1, 0.15) is 226 Å². The molecule has 0 aromatic rings. The summed E-state index contributed by atoms with van der Waals surface area (Å²) in [7, 11) is 0. The lowest BCUT2D eigenvalue weighted by Crippen LogP contribution is -2.30. The molecule has 0 amide bonds. The minimum atomic E-state index is -0.791. The summed E-state index contributed by atoms with van der Waals surface area (Å²) in [5.41, 5.74) is 0. The molecular weight excluding hydrogens is 757 g/mol. The zero-order valence-corrected chi connectivity index (χ0v) is 39.7. The molecule has 61 heavy (non-hydrogen) atoms. The summed E-state index contributed by atoms with van der Waals surface area (Å²) >= 11 is 0. The number of esters is 3. The first kappa shape index (κ1) is 57.6. The van der Waals surface area contributed by atoms with Gasteiger partial charge in [0, 0.05) is 19.3 Å². The van der Waals surface area contributed by atoms with Crippen LogP contribution in [0.5, 0.6) is 0 Å². The molecule has 0 aromatic heterocycles. The molecule has 0 spiro atoms. The predicted molar refractivity (Wildman–Crippen MR) is 261 cm³/mol. The van der Waals surface area contributed by atoms with Gasteiger partial charge in [-0.1, -0.05) is 254 Å². The van der Waals surface area contributed by atoms with E-state index in [1.807, 2.05) is 72.9 Å². The van der Waals surface area contributed by atoms with Crippen molar-refractivity contribution in [3.63, 3.8) is 0 Å². The van der Waals surface area contributed by atoms with E-state index >= 15 is 0 Å². The molecule has 0 fully saturated rings. The van der Waals surface area contributed by atoms with Gasteiger partial charge in [-0.05, 0) is 38.5 Å². The van der Waals surface area contributed by atoms with E-state index in [0.29, 0.717) is 19.3 Å². The van der Waals surface area contributed by atoms with Crippen molar-refractivity contribution in [1.29, 1.82) is 0 Å². The maximum Gasteiger partial charge on any atom is 0.306 e. The van der Waals surface area contributed by atoms with Gasteiger partial charge in [-0.3, -0.25) is 14.4 Å². The molecular formula is C55H92O6. The van der Waals surface area contributed by atoms with Crippen molar-refractivity contribution < 1.29 is 28.6 Å². The van der Waals surface area contributed by atoms with Crippen molar-refractivity contribution in [1.82, 2.24) is 0 Å². The van der Waals surface area contributed by atoms with Crippen molar-refractivity contribution >= 4 is 17.9 Å². The second-order valence-electron chi connectivity index (χ2n) is 16.5. The number of hydrogen-bond acceptors (Lipinski definition) is 6. The van der Waals surface area contributed by atoms with Crippen molar-refractivity contribution in [2.24, 2.45) is 0 Å². The second-order valence-corrected chi connectivity index (χ2v) is 16.5. The van der Waals surface area contributed by atoms with Crippen LogP contribution in [0.15, 0.2) is 85.1 Å². The van der Waals surface area contributed by atoms with Gasteiger partial charge in [0.15, 0.2) is 6.10 Å². The summed E-state index contributed by atoms with van der Waals surface area (Å²) in [6, 6.07) is 0. The van der Waals surface area contributed by atoms with Crippen molar-refractivity contribution in [2.75, 3.05) is 13.2 Å². The van der Waals surface area contributed by atoms with Gasteiger partial charge in [0.25, 0.3) is 0 Å².